The third-order valence-electron chi connectivity index (χ3n) is 5.65. The summed E-state index contributed by atoms with van der Waals surface area (Å²) in [5, 5.41) is 13.7. The molecule has 3 heterocycles. The molecule has 2 aliphatic rings. The maximum Gasteiger partial charge on any atom is 0.490 e. The Labute approximate surface area is 185 Å². The van der Waals surface area contributed by atoms with Crippen LogP contribution < -0.4 is 4.90 Å². The Balaban J connectivity index is 0.000000383. The second-order valence-corrected chi connectivity index (χ2v) is 7.79. The van der Waals surface area contributed by atoms with Gasteiger partial charge in [-0.2, -0.15) is 18.3 Å². The van der Waals surface area contributed by atoms with E-state index in [0.717, 1.165) is 6.42 Å². The molecule has 9 nitrogen and oxygen atoms in total. The second kappa shape index (κ2) is 9.17. The fourth-order valence-electron chi connectivity index (χ4n) is 3.85. The monoisotopic (exact) mass is 471 g/mol. The number of aromatic amines is 1. The molecule has 0 aliphatic carbocycles. The van der Waals surface area contributed by atoms with Gasteiger partial charge in [0.15, 0.2) is 0 Å². The van der Waals surface area contributed by atoms with Crippen molar-refractivity contribution >= 4 is 23.5 Å². The number of nitrogens with zero attached hydrogens (tertiary/aromatic N) is 4. The molecule has 13 heteroatoms. The van der Waals surface area contributed by atoms with Crippen LogP contribution in [0, 0.1) is 5.82 Å². The highest BCUT2D eigenvalue weighted by molar-refractivity contribution is 5.96. The minimum atomic E-state index is -5.08. The smallest absolute Gasteiger partial charge is 0.475 e. The molecular weight excluding hydrogens is 450 g/mol. The van der Waals surface area contributed by atoms with Crippen molar-refractivity contribution < 1.29 is 37.1 Å². The highest BCUT2D eigenvalue weighted by Gasteiger charge is 2.49. The van der Waals surface area contributed by atoms with E-state index in [1.807, 2.05) is 11.9 Å². The summed E-state index contributed by atoms with van der Waals surface area (Å²) in [7, 11) is 1.91. The Kier molecular flexibility index (Phi) is 6.72. The van der Waals surface area contributed by atoms with Gasteiger partial charge in [0.2, 0.25) is 5.91 Å². The van der Waals surface area contributed by atoms with E-state index in [0.29, 0.717) is 31.0 Å². The predicted molar refractivity (Wildman–Crippen MR) is 107 cm³/mol. The molecule has 2 amide bonds. The molecule has 33 heavy (non-hydrogen) atoms. The fourth-order valence-corrected chi connectivity index (χ4v) is 3.85. The van der Waals surface area contributed by atoms with Crippen molar-refractivity contribution in [1.82, 2.24) is 20.0 Å². The molecule has 1 unspecified atom stereocenters. The first-order valence-corrected chi connectivity index (χ1v) is 9.79. The van der Waals surface area contributed by atoms with Crippen LogP contribution in [0.2, 0.25) is 0 Å². The van der Waals surface area contributed by atoms with E-state index in [1.165, 1.54) is 12.1 Å². The lowest BCUT2D eigenvalue weighted by Gasteiger charge is -2.46. The van der Waals surface area contributed by atoms with Crippen molar-refractivity contribution in [3.05, 3.63) is 48.0 Å². The van der Waals surface area contributed by atoms with Crippen molar-refractivity contribution in [1.29, 1.82) is 0 Å². The maximum atomic E-state index is 13.6. The van der Waals surface area contributed by atoms with Crippen LogP contribution in [0.25, 0.3) is 0 Å². The predicted octanol–water partition coefficient (Wildman–Crippen LogP) is 1.75. The van der Waals surface area contributed by atoms with Gasteiger partial charge in [-0.3, -0.25) is 19.6 Å². The van der Waals surface area contributed by atoms with Crippen molar-refractivity contribution in [3.63, 3.8) is 0 Å². The third kappa shape index (κ3) is 5.30. The normalized spacial score (nSPS) is 21.2. The average Bonchev–Trinajstić information content (AvgIpc) is 3.41. The topological polar surface area (TPSA) is 110 Å². The summed E-state index contributed by atoms with van der Waals surface area (Å²) in [6, 6.07) is 7.73. The van der Waals surface area contributed by atoms with Crippen LogP contribution in [-0.4, -0.2) is 87.8 Å². The van der Waals surface area contributed by atoms with Crippen LogP contribution in [0.3, 0.4) is 0 Å². The molecule has 2 fully saturated rings. The van der Waals surface area contributed by atoms with Gasteiger partial charge in [-0.05, 0) is 37.7 Å². The molecule has 2 N–H and O–H groups in total. The number of hydrogen-bond acceptors (Lipinski definition) is 5. The molecule has 1 aromatic carbocycles. The Morgan fingerprint density at radius 1 is 1.21 bits per heavy atom. The number of benzene rings is 1. The number of halogens is 4. The van der Waals surface area contributed by atoms with Crippen LogP contribution in [0.5, 0.6) is 0 Å². The average molecular weight is 471 g/mol. The number of rotatable bonds is 2. The summed E-state index contributed by atoms with van der Waals surface area (Å²) in [4.78, 5) is 39.5. The van der Waals surface area contributed by atoms with Gasteiger partial charge in [0.05, 0.1) is 12.1 Å². The molecule has 1 spiro atoms. The third-order valence-corrected chi connectivity index (χ3v) is 5.65. The Hall–Kier alpha value is -3.48. The van der Waals surface area contributed by atoms with Crippen molar-refractivity contribution in [3.8, 4) is 0 Å². The molecule has 1 aromatic heterocycles. The number of carbonyl (C=O) groups excluding carboxylic acids is 2. The van der Waals surface area contributed by atoms with Gasteiger partial charge in [0, 0.05) is 31.5 Å². The zero-order chi connectivity index (χ0) is 24.4. The quantitative estimate of drug-likeness (QED) is 0.646. The van der Waals surface area contributed by atoms with E-state index in [4.69, 9.17) is 9.90 Å². The molecule has 2 aliphatic heterocycles. The number of likely N-dealkylation sites (tertiary alicyclic amines) is 1. The second-order valence-electron chi connectivity index (χ2n) is 7.79. The summed E-state index contributed by atoms with van der Waals surface area (Å²) in [5.74, 6) is -3.29. The first kappa shape index (κ1) is 24.2. The molecule has 4 rings (SSSR count). The van der Waals surface area contributed by atoms with Crippen LogP contribution in [-0.2, 0) is 9.59 Å². The first-order chi connectivity index (χ1) is 15.4. The van der Waals surface area contributed by atoms with Crippen molar-refractivity contribution in [2.24, 2.45) is 0 Å². The number of H-pyrrole nitrogens is 1. The number of amides is 2. The molecule has 0 radical (unpaired) electrons. The molecule has 2 saturated heterocycles. The number of aromatic nitrogens is 2. The van der Waals surface area contributed by atoms with Crippen LogP contribution in [0.4, 0.5) is 23.2 Å². The summed E-state index contributed by atoms with van der Waals surface area (Å²) in [6.07, 6.45) is -2.78. The standard InChI is InChI=1S/C18H20FN5O2.C2HF3O2/c1-22-10-16(25)24(14-4-2-3-13(19)9-14)12-18(22)6-8-23(11-18)17(26)15-5-7-20-21-15;3-2(4,5)1(6)7/h2-5,7,9H,6,8,10-12H2,1H3,(H,20,21);(H,6,7). The highest BCUT2D eigenvalue weighted by atomic mass is 19.4. The molecule has 178 valence electrons. The number of carboxylic acid groups (broad SMARTS) is 1. The summed E-state index contributed by atoms with van der Waals surface area (Å²) < 4.78 is 45.3. The first-order valence-electron chi connectivity index (χ1n) is 9.79. The minimum absolute atomic E-state index is 0.0675. The SMILES string of the molecule is CN1CC(=O)N(c2cccc(F)c2)CC12CCN(C(=O)c1ccn[nH]1)C2.O=C(O)C(F)(F)F. The lowest BCUT2D eigenvalue weighted by Crippen LogP contribution is -2.64. The Morgan fingerprint density at radius 2 is 1.91 bits per heavy atom. The van der Waals surface area contributed by atoms with Gasteiger partial charge in [0.1, 0.15) is 11.5 Å². The fraction of sp³-hybridized carbons (Fsp3) is 0.400. The van der Waals surface area contributed by atoms with Crippen molar-refractivity contribution in [2.45, 2.75) is 18.1 Å². The number of hydrogen-bond donors (Lipinski definition) is 2. The number of carbonyl (C=O) groups is 3. The van der Waals surface area contributed by atoms with Gasteiger partial charge < -0.3 is 14.9 Å². The highest BCUT2D eigenvalue weighted by Crippen LogP contribution is 2.34. The lowest BCUT2D eigenvalue weighted by atomic mass is 9.92. The number of anilines is 1. The van der Waals surface area contributed by atoms with E-state index in [1.54, 1.807) is 34.2 Å². The number of likely N-dealkylation sites (N-methyl/N-ethyl adjacent to an activating group) is 1. The zero-order valence-corrected chi connectivity index (χ0v) is 17.5. The van der Waals surface area contributed by atoms with E-state index in [2.05, 4.69) is 10.2 Å². The number of carboxylic acids is 1. The molecular formula is C20H21F4N5O4. The molecule has 1 atom stereocenters. The van der Waals surface area contributed by atoms with Gasteiger partial charge in [0.25, 0.3) is 5.91 Å². The van der Waals surface area contributed by atoms with E-state index < -0.39 is 12.1 Å². The minimum Gasteiger partial charge on any atom is -0.475 e. The van der Waals surface area contributed by atoms with Crippen LogP contribution in [0.1, 0.15) is 16.9 Å². The Bertz CT molecular complexity index is 1030. The summed E-state index contributed by atoms with van der Waals surface area (Å²) >= 11 is 0. The van der Waals surface area contributed by atoms with Gasteiger partial charge in [-0.15, -0.1) is 0 Å². The van der Waals surface area contributed by atoms with E-state index in [-0.39, 0.29) is 29.7 Å². The Morgan fingerprint density at radius 3 is 2.48 bits per heavy atom. The number of piperazine rings is 1. The number of nitrogens with one attached hydrogen (secondary N) is 1. The van der Waals surface area contributed by atoms with Crippen LogP contribution in [0.15, 0.2) is 36.5 Å². The summed E-state index contributed by atoms with van der Waals surface area (Å²) in [5.41, 5.74) is 0.676. The van der Waals surface area contributed by atoms with Gasteiger partial charge in [-0.1, -0.05) is 6.07 Å². The van der Waals surface area contributed by atoms with E-state index in [9.17, 15) is 27.2 Å². The van der Waals surface area contributed by atoms with Crippen LogP contribution >= 0.6 is 0 Å². The maximum absolute atomic E-state index is 13.6. The molecule has 0 bridgehead atoms. The van der Waals surface area contributed by atoms with E-state index >= 15 is 0 Å². The molecule has 2 aromatic rings. The largest absolute Gasteiger partial charge is 0.490 e. The zero-order valence-electron chi connectivity index (χ0n) is 17.5. The lowest BCUT2D eigenvalue weighted by molar-refractivity contribution is -0.192. The molecule has 0 saturated carbocycles. The number of alkyl halides is 3. The van der Waals surface area contributed by atoms with Gasteiger partial charge in [-0.25, -0.2) is 9.18 Å². The van der Waals surface area contributed by atoms with Crippen molar-refractivity contribution in [2.75, 3.05) is 38.1 Å². The summed E-state index contributed by atoms with van der Waals surface area (Å²) in [6.45, 7) is 1.79. The van der Waals surface area contributed by atoms with Gasteiger partial charge >= 0.3 is 12.1 Å². The number of aliphatic carboxylic acids is 1.